The summed E-state index contributed by atoms with van der Waals surface area (Å²) in [4.78, 5) is 4.22. The fourth-order valence-electron chi connectivity index (χ4n) is 1.72. The lowest BCUT2D eigenvalue weighted by molar-refractivity contribution is -0.0382. The van der Waals surface area contributed by atoms with E-state index in [2.05, 4.69) is 16.8 Å². The summed E-state index contributed by atoms with van der Waals surface area (Å²) in [5.74, 6) is 6.55. The van der Waals surface area contributed by atoms with Gasteiger partial charge in [0.05, 0.1) is 12.3 Å². The van der Waals surface area contributed by atoms with Crippen molar-refractivity contribution in [2.24, 2.45) is 0 Å². The molecule has 4 heteroatoms. The topological polar surface area (TPSA) is 40.6 Å². The fourth-order valence-corrected chi connectivity index (χ4v) is 1.72. The number of rotatable bonds is 4. The molecule has 0 N–H and O–H groups in total. The van der Waals surface area contributed by atoms with Crippen LogP contribution in [0, 0.1) is 11.8 Å². The molecule has 0 aromatic carbocycles. The first kappa shape index (κ1) is 12.9. The number of nitrogens with zero attached hydrogens (tertiary/aromatic N) is 1. The molecule has 0 bridgehead atoms. The van der Waals surface area contributed by atoms with Gasteiger partial charge in [-0.05, 0) is 18.1 Å². The summed E-state index contributed by atoms with van der Waals surface area (Å²) in [6.45, 7) is 0.417. The van der Waals surface area contributed by atoms with Gasteiger partial charge in [0.15, 0.2) is 0 Å². The number of pyridine rings is 1. The summed E-state index contributed by atoms with van der Waals surface area (Å²) >= 11 is 0. The standard InChI is InChI=1S/C14H17NO3/c1-16-7-3-4-11-5-6-12(10-15-11)18-14-8-13(9-14)17-2/h5-6,10,13-14H,7-9H2,1-2H3. The van der Waals surface area contributed by atoms with Gasteiger partial charge in [-0.25, -0.2) is 4.98 Å². The predicted molar refractivity (Wildman–Crippen MR) is 67.4 cm³/mol. The lowest BCUT2D eigenvalue weighted by Crippen LogP contribution is -2.38. The van der Waals surface area contributed by atoms with Crippen LogP contribution in [0.15, 0.2) is 18.3 Å². The number of hydrogen-bond donors (Lipinski definition) is 0. The average molecular weight is 247 g/mol. The quantitative estimate of drug-likeness (QED) is 0.758. The van der Waals surface area contributed by atoms with Crippen LogP contribution in [0.4, 0.5) is 0 Å². The Hall–Kier alpha value is -1.57. The van der Waals surface area contributed by atoms with Gasteiger partial charge in [-0.2, -0.15) is 0 Å². The lowest BCUT2D eigenvalue weighted by atomic mass is 9.92. The van der Waals surface area contributed by atoms with E-state index < -0.39 is 0 Å². The van der Waals surface area contributed by atoms with Gasteiger partial charge < -0.3 is 14.2 Å². The average Bonchev–Trinajstić information content (AvgIpc) is 2.35. The van der Waals surface area contributed by atoms with Gasteiger partial charge in [-0.1, -0.05) is 5.92 Å². The van der Waals surface area contributed by atoms with Crippen molar-refractivity contribution in [2.75, 3.05) is 20.8 Å². The molecular formula is C14H17NO3. The summed E-state index contributed by atoms with van der Waals surface area (Å²) in [7, 11) is 3.35. The number of methoxy groups -OCH3 is 2. The molecule has 96 valence electrons. The molecule has 1 saturated carbocycles. The smallest absolute Gasteiger partial charge is 0.138 e. The third-order valence-electron chi connectivity index (χ3n) is 2.86. The summed E-state index contributed by atoms with van der Waals surface area (Å²) in [6.07, 6.45) is 4.21. The van der Waals surface area contributed by atoms with Crippen molar-refractivity contribution in [2.45, 2.75) is 25.0 Å². The van der Waals surface area contributed by atoms with Crippen LogP contribution in [0.5, 0.6) is 5.75 Å². The van der Waals surface area contributed by atoms with E-state index in [-0.39, 0.29) is 6.10 Å². The van der Waals surface area contributed by atoms with E-state index in [0.717, 1.165) is 24.3 Å². The first-order chi connectivity index (χ1) is 8.81. The summed E-state index contributed by atoms with van der Waals surface area (Å²) in [5, 5.41) is 0. The molecule has 0 spiro atoms. The maximum absolute atomic E-state index is 5.75. The maximum atomic E-state index is 5.75. The Morgan fingerprint density at radius 1 is 1.28 bits per heavy atom. The van der Waals surface area contributed by atoms with Gasteiger partial charge >= 0.3 is 0 Å². The molecule has 18 heavy (non-hydrogen) atoms. The Bertz CT molecular complexity index is 427. The molecule has 4 nitrogen and oxygen atoms in total. The normalized spacial score (nSPS) is 21.7. The van der Waals surface area contributed by atoms with Gasteiger partial charge in [-0.15, -0.1) is 0 Å². The zero-order chi connectivity index (χ0) is 12.8. The van der Waals surface area contributed by atoms with Gasteiger partial charge in [0.1, 0.15) is 24.2 Å². The summed E-state index contributed by atoms with van der Waals surface area (Å²) < 4.78 is 15.8. The molecule has 2 rings (SSSR count). The Morgan fingerprint density at radius 3 is 2.72 bits per heavy atom. The molecule has 1 aliphatic carbocycles. The summed E-state index contributed by atoms with van der Waals surface area (Å²) in [5.41, 5.74) is 0.725. The molecule has 1 fully saturated rings. The molecule has 1 heterocycles. The molecular weight excluding hydrogens is 230 g/mol. The number of hydrogen-bond acceptors (Lipinski definition) is 4. The van der Waals surface area contributed by atoms with E-state index >= 15 is 0 Å². The van der Waals surface area contributed by atoms with Crippen LogP contribution in [0.25, 0.3) is 0 Å². The van der Waals surface area contributed by atoms with E-state index in [1.165, 1.54) is 0 Å². The first-order valence-corrected chi connectivity index (χ1v) is 5.95. The SMILES string of the molecule is COCC#Cc1ccc(OC2CC(OC)C2)cn1. The van der Waals surface area contributed by atoms with E-state index in [4.69, 9.17) is 14.2 Å². The molecule has 1 aromatic rings. The molecule has 0 atom stereocenters. The van der Waals surface area contributed by atoms with E-state index in [9.17, 15) is 0 Å². The van der Waals surface area contributed by atoms with Crippen LogP contribution in [0.3, 0.4) is 0 Å². The van der Waals surface area contributed by atoms with Gasteiger partial charge in [0, 0.05) is 27.1 Å². The second-order valence-electron chi connectivity index (χ2n) is 4.18. The second kappa shape index (κ2) is 6.39. The Balaban J connectivity index is 1.83. The van der Waals surface area contributed by atoms with Crippen molar-refractivity contribution >= 4 is 0 Å². The summed E-state index contributed by atoms with van der Waals surface area (Å²) in [6, 6.07) is 3.74. The first-order valence-electron chi connectivity index (χ1n) is 5.95. The van der Waals surface area contributed by atoms with E-state index in [1.807, 2.05) is 12.1 Å². The van der Waals surface area contributed by atoms with Gasteiger partial charge in [0.25, 0.3) is 0 Å². The third kappa shape index (κ3) is 3.46. The molecule has 1 aromatic heterocycles. The van der Waals surface area contributed by atoms with E-state index in [0.29, 0.717) is 12.7 Å². The van der Waals surface area contributed by atoms with Crippen LogP contribution < -0.4 is 4.74 Å². The largest absolute Gasteiger partial charge is 0.489 e. The van der Waals surface area contributed by atoms with Gasteiger partial charge in [0.2, 0.25) is 0 Å². The van der Waals surface area contributed by atoms with Crippen LogP contribution in [-0.4, -0.2) is 38.0 Å². The number of ether oxygens (including phenoxy) is 3. The molecule has 0 amide bonds. The highest BCUT2D eigenvalue weighted by atomic mass is 16.5. The minimum absolute atomic E-state index is 0.252. The molecule has 0 radical (unpaired) electrons. The van der Waals surface area contributed by atoms with E-state index in [1.54, 1.807) is 20.4 Å². The zero-order valence-electron chi connectivity index (χ0n) is 10.7. The Morgan fingerprint density at radius 2 is 2.11 bits per heavy atom. The minimum atomic E-state index is 0.252. The van der Waals surface area contributed by atoms with Crippen molar-refractivity contribution in [3.8, 4) is 17.6 Å². The molecule has 1 aliphatic rings. The number of aromatic nitrogens is 1. The predicted octanol–water partition coefficient (Wildman–Crippen LogP) is 1.64. The highest BCUT2D eigenvalue weighted by Gasteiger charge is 2.30. The van der Waals surface area contributed by atoms with Gasteiger partial charge in [-0.3, -0.25) is 0 Å². The molecule has 0 aliphatic heterocycles. The lowest BCUT2D eigenvalue weighted by Gasteiger charge is -2.33. The highest BCUT2D eigenvalue weighted by molar-refractivity contribution is 5.31. The van der Waals surface area contributed by atoms with Crippen molar-refractivity contribution in [1.82, 2.24) is 4.98 Å². The Labute approximate surface area is 107 Å². The van der Waals surface area contributed by atoms with Crippen molar-refractivity contribution in [1.29, 1.82) is 0 Å². The monoisotopic (exact) mass is 247 g/mol. The highest BCUT2D eigenvalue weighted by Crippen LogP contribution is 2.27. The minimum Gasteiger partial charge on any atom is -0.489 e. The van der Waals surface area contributed by atoms with Crippen LogP contribution in [0.1, 0.15) is 18.5 Å². The van der Waals surface area contributed by atoms with Crippen molar-refractivity contribution in [3.05, 3.63) is 24.0 Å². The Kier molecular flexibility index (Phi) is 4.57. The molecule has 0 unspecified atom stereocenters. The van der Waals surface area contributed by atoms with Crippen molar-refractivity contribution in [3.63, 3.8) is 0 Å². The maximum Gasteiger partial charge on any atom is 0.138 e. The fraction of sp³-hybridized carbons (Fsp3) is 0.500. The second-order valence-corrected chi connectivity index (χ2v) is 4.18. The molecule has 0 saturated heterocycles. The van der Waals surface area contributed by atoms with Crippen LogP contribution in [-0.2, 0) is 9.47 Å². The van der Waals surface area contributed by atoms with Crippen LogP contribution in [0.2, 0.25) is 0 Å². The zero-order valence-corrected chi connectivity index (χ0v) is 10.7. The van der Waals surface area contributed by atoms with Crippen LogP contribution >= 0.6 is 0 Å². The third-order valence-corrected chi connectivity index (χ3v) is 2.86. The van der Waals surface area contributed by atoms with Crippen molar-refractivity contribution < 1.29 is 14.2 Å².